The number of nitrogens with zero attached hydrogens (tertiary/aromatic N) is 3. The number of aromatic amines is 1. The maximum absolute atomic E-state index is 12.9. The molecule has 0 saturated carbocycles. The van der Waals surface area contributed by atoms with Crippen molar-refractivity contribution in [3.63, 3.8) is 0 Å². The molecule has 12 nitrogen and oxygen atoms in total. The summed E-state index contributed by atoms with van der Waals surface area (Å²) in [5.41, 5.74) is 15.6. The molecule has 1 fully saturated rings. The molecule has 0 unspecified atom stereocenters. The van der Waals surface area contributed by atoms with E-state index in [4.69, 9.17) is 15.2 Å². The summed E-state index contributed by atoms with van der Waals surface area (Å²) in [5.74, 6) is -1.53. The zero-order valence-electron chi connectivity index (χ0n) is 35.5. The van der Waals surface area contributed by atoms with Crippen LogP contribution in [-0.4, -0.2) is 90.3 Å². The Kier molecular flexibility index (Phi) is 12.4. The van der Waals surface area contributed by atoms with Crippen LogP contribution in [0, 0.1) is 11.3 Å². The second-order valence-electron chi connectivity index (χ2n) is 17.6. The number of carbonyl (C=O) groups excluding carboxylic acids is 3. The third-order valence-electron chi connectivity index (χ3n) is 12.4. The highest BCUT2D eigenvalue weighted by Crippen LogP contribution is 2.57. The number of aromatic nitrogens is 2. The van der Waals surface area contributed by atoms with Crippen molar-refractivity contribution in [1.29, 1.82) is 0 Å². The number of piperidine rings is 1. The summed E-state index contributed by atoms with van der Waals surface area (Å²) in [4.78, 5) is 51.0. The minimum absolute atomic E-state index is 0.0416. The Balaban J connectivity index is 0.000000156. The predicted octanol–water partition coefficient (Wildman–Crippen LogP) is 4.91. The van der Waals surface area contributed by atoms with E-state index < -0.39 is 23.6 Å². The molecule has 0 amide bonds. The molecule has 1 aromatic carbocycles. The second kappa shape index (κ2) is 16.8. The fourth-order valence-electron chi connectivity index (χ4n) is 10.4. The van der Waals surface area contributed by atoms with Crippen molar-refractivity contribution >= 4 is 34.5 Å². The Morgan fingerprint density at radius 3 is 2.52 bits per heavy atom. The van der Waals surface area contributed by atoms with Crippen molar-refractivity contribution in [2.75, 3.05) is 47.4 Å². The maximum Gasteiger partial charge on any atom is 0.354 e. The molecule has 0 radical (unpaired) electrons. The van der Waals surface area contributed by atoms with E-state index in [0.717, 1.165) is 67.7 Å². The number of nitrogens with two attached hydrogens (primary N) is 1. The number of carbonyl (C=O) groups is 3. The van der Waals surface area contributed by atoms with Crippen molar-refractivity contribution in [1.82, 2.24) is 14.5 Å². The van der Waals surface area contributed by atoms with Crippen molar-refractivity contribution in [2.45, 2.75) is 97.2 Å². The third-order valence-corrected chi connectivity index (χ3v) is 12.4. The van der Waals surface area contributed by atoms with Gasteiger partial charge in [0, 0.05) is 60.0 Å². The lowest BCUT2D eigenvalue weighted by molar-refractivity contribution is -0.873. The van der Waals surface area contributed by atoms with E-state index in [1.54, 1.807) is 6.07 Å². The Hall–Kier alpha value is -4.78. The van der Waals surface area contributed by atoms with Gasteiger partial charge >= 0.3 is 11.9 Å². The number of carboxylic acid groups (broad SMARTS) is 1. The van der Waals surface area contributed by atoms with Gasteiger partial charge < -0.3 is 39.1 Å². The van der Waals surface area contributed by atoms with Gasteiger partial charge in [0.2, 0.25) is 5.56 Å². The number of hydrogen-bond acceptors (Lipinski definition) is 9. The first-order chi connectivity index (χ1) is 27.4. The molecule has 3 N–H and O–H groups in total. The van der Waals surface area contributed by atoms with E-state index in [0.29, 0.717) is 29.6 Å². The number of aliphatic carboxylic acids is 1. The summed E-state index contributed by atoms with van der Waals surface area (Å²) in [6, 6.07) is 12.4. The first kappa shape index (κ1) is 42.8. The molecule has 58 heavy (non-hydrogen) atoms. The summed E-state index contributed by atoms with van der Waals surface area (Å²) in [7, 11) is 5.68. The highest BCUT2D eigenvalue weighted by molar-refractivity contribution is 6.13. The van der Waals surface area contributed by atoms with Crippen molar-refractivity contribution in [3.8, 4) is 0 Å². The minimum Gasteiger partial charge on any atom is -0.550 e. The molecule has 5 heterocycles. The van der Waals surface area contributed by atoms with E-state index in [1.165, 1.54) is 41.1 Å². The number of likely N-dealkylation sites (N-methyl/N-ethyl adjacent to an activating group) is 1. The predicted molar refractivity (Wildman–Crippen MR) is 223 cm³/mol. The van der Waals surface area contributed by atoms with E-state index in [9.17, 15) is 24.3 Å². The van der Waals surface area contributed by atoms with Crippen molar-refractivity contribution in [3.05, 3.63) is 98.6 Å². The maximum atomic E-state index is 12.9. The highest BCUT2D eigenvalue weighted by Gasteiger charge is 2.51. The molecule has 3 aliphatic heterocycles. The zero-order chi connectivity index (χ0) is 42.2. The number of para-hydroxylation sites is 1. The second-order valence-corrected chi connectivity index (χ2v) is 17.6. The normalized spacial score (nSPS) is 25.4. The van der Waals surface area contributed by atoms with E-state index in [1.807, 2.05) is 34.1 Å². The van der Waals surface area contributed by atoms with Crippen LogP contribution in [0.25, 0.3) is 16.6 Å². The van der Waals surface area contributed by atoms with Crippen LogP contribution in [0.1, 0.15) is 95.3 Å². The van der Waals surface area contributed by atoms with Gasteiger partial charge in [0.1, 0.15) is 12.2 Å². The molecule has 2 aliphatic carbocycles. The molecular formula is C46H61N5O7. The summed E-state index contributed by atoms with van der Waals surface area (Å²) >= 11 is 0. The lowest BCUT2D eigenvalue weighted by Gasteiger charge is -2.53. The third kappa shape index (κ3) is 8.37. The fourth-order valence-corrected chi connectivity index (χ4v) is 10.4. The van der Waals surface area contributed by atoms with Crippen LogP contribution >= 0.6 is 0 Å². The number of fused-ring (bicyclic) bond motifs is 7. The van der Waals surface area contributed by atoms with Crippen LogP contribution in [0.5, 0.6) is 0 Å². The highest BCUT2D eigenvalue weighted by atomic mass is 16.5. The number of hydrogen-bond donors (Lipinski definition) is 2. The standard InChI is InChI=1S/C22H26N2O2.C15H18N2O.C9H17NO4/c1-3-22-11-7-12-23-13-10-16-15-8-5-6-9-17(15)24(19(16)20(22)23)18(14-22)21(25)26-4-2;1-3-11-10-6-9(2)8-15(11,16)12-4-5-14(18)17-13(12)7-10;1-7(11)14-8(5-9(12)13)6-10(2,3)4/h5-6,8-9,14,20H,3-4,7,10-13H2,1-2H3;3-6,10H,7-8,16H2,1-2H3,(H,17,18);8H,5-6H2,1-4H3/t20-,22+;10-,15+;8-/m101/s1. The lowest BCUT2D eigenvalue weighted by atomic mass is 9.63. The average Bonchev–Trinajstić information content (AvgIpc) is 3.48. The summed E-state index contributed by atoms with van der Waals surface area (Å²) < 4.78 is 13.1. The summed E-state index contributed by atoms with van der Waals surface area (Å²) in [5, 5.41) is 11.7. The molecule has 2 bridgehead atoms. The number of ether oxygens (including phenoxy) is 2. The molecule has 0 spiro atoms. The average molecular weight is 796 g/mol. The van der Waals surface area contributed by atoms with Crippen molar-refractivity contribution < 1.29 is 33.4 Å². The molecule has 3 aromatic rings. The Morgan fingerprint density at radius 1 is 1.12 bits per heavy atom. The molecular weight excluding hydrogens is 735 g/mol. The Labute approximate surface area is 342 Å². The SMILES string of the molecule is CC(=O)O[C@H](CC(=O)[O-])C[N+](C)(C)C.CC=C1[C@H]2C=C(C)C[C@]1(N)c1ccc(=O)[nH]c1C2.CCOC(=O)C1=C[C@]2(CC)CCCN3CCc4c(n1c1ccccc41)[C@@H]32. The quantitative estimate of drug-likeness (QED) is 0.184. The molecule has 8 rings (SSSR count). The first-order valence-electron chi connectivity index (χ1n) is 20.7. The Bertz CT molecular complexity index is 2210. The van der Waals surface area contributed by atoms with Gasteiger partial charge in [-0.2, -0.15) is 0 Å². The first-order valence-corrected chi connectivity index (χ1v) is 20.7. The molecule has 312 valence electrons. The van der Waals surface area contributed by atoms with Gasteiger partial charge in [-0.3, -0.25) is 14.5 Å². The minimum atomic E-state index is -1.20. The van der Waals surface area contributed by atoms with Crippen LogP contribution < -0.4 is 16.4 Å². The summed E-state index contributed by atoms with van der Waals surface area (Å²) in [6.07, 6.45) is 12.0. The molecule has 1 saturated heterocycles. The van der Waals surface area contributed by atoms with Gasteiger partial charge in [-0.25, -0.2) is 4.79 Å². The van der Waals surface area contributed by atoms with Crippen molar-refractivity contribution in [2.24, 2.45) is 17.1 Å². The number of carboxylic acids is 1. The van der Waals surface area contributed by atoms with Crippen LogP contribution in [-0.2, 0) is 42.2 Å². The molecule has 12 heteroatoms. The number of quaternary nitrogens is 1. The van der Waals surface area contributed by atoms with E-state index in [2.05, 4.69) is 77.7 Å². The molecule has 5 atom stereocenters. The number of rotatable bonds is 8. The van der Waals surface area contributed by atoms with Crippen LogP contribution in [0.3, 0.4) is 0 Å². The van der Waals surface area contributed by atoms with Gasteiger partial charge in [-0.1, -0.05) is 42.8 Å². The molecule has 5 aliphatic rings. The number of esters is 2. The lowest BCUT2D eigenvalue weighted by Crippen LogP contribution is -2.51. The summed E-state index contributed by atoms with van der Waals surface area (Å²) in [6.45, 7) is 12.7. The number of allylic oxidation sites excluding steroid dienone is 2. The smallest absolute Gasteiger partial charge is 0.354 e. The number of benzene rings is 1. The topological polar surface area (TPSA) is 160 Å². The number of H-pyrrole nitrogens is 1. The van der Waals surface area contributed by atoms with Crippen LogP contribution in [0.4, 0.5) is 0 Å². The van der Waals surface area contributed by atoms with Gasteiger partial charge in [-0.15, -0.1) is 0 Å². The van der Waals surface area contributed by atoms with E-state index >= 15 is 0 Å². The number of nitrogens with one attached hydrogen (secondary N) is 1. The fraction of sp³-hybridized carbons (Fsp3) is 0.522. The van der Waals surface area contributed by atoms with Crippen LogP contribution in [0.15, 0.2) is 70.6 Å². The zero-order valence-corrected chi connectivity index (χ0v) is 35.5. The van der Waals surface area contributed by atoms with Crippen LogP contribution in [0.2, 0.25) is 0 Å². The monoisotopic (exact) mass is 795 g/mol. The van der Waals surface area contributed by atoms with Gasteiger partial charge in [-0.05, 0) is 101 Å². The Morgan fingerprint density at radius 2 is 1.86 bits per heavy atom. The van der Waals surface area contributed by atoms with Gasteiger partial charge in [0.05, 0.1) is 44.8 Å². The number of pyridine rings is 1. The largest absolute Gasteiger partial charge is 0.550 e. The molecule has 2 aromatic heterocycles. The van der Waals surface area contributed by atoms with Gasteiger partial charge in [0.25, 0.3) is 0 Å². The van der Waals surface area contributed by atoms with Gasteiger partial charge in [0.15, 0.2) is 6.10 Å². The van der Waals surface area contributed by atoms with E-state index in [-0.39, 0.29) is 23.4 Å².